The molecule has 2 amide bonds. The van der Waals surface area contributed by atoms with Crippen LogP contribution in [0.1, 0.15) is 11.1 Å². The number of benzene rings is 2. The van der Waals surface area contributed by atoms with E-state index in [1.54, 1.807) is 4.90 Å². The second-order valence-corrected chi connectivity index (χ2v) is 8.19. The summed E-state index contributed by atoms with van der Waals surface area (Å²) in [5.41, 5.74) is 2.93. The van der Waals surface area contributed by atoms with Gasteiger partial charge in [-0.25, -0.2) is 4.39 Å². The summed E-state index contributed by atoms with van der Waals surface area (Å²) in [6, 6.07) is 9.97. The Morgan fingerprint density at radius 3 is 2.40 bits per heavy atom. The molecule has 0 radical (unpaired) electrons. The number of rotatable bonds is 6. The number of carbonyl (C=O) groups excluding carboxylic acids is 2. The molecular weight excluding hydrogens is 453 g/mol. The zero-order chi connectivity index (χ0) is 21.7. The Bertz CT molecular complexity index is 910. The highest BCUT2D eigenvalue weighted by Gasteiger charge is 2.23. The van der Waals surface area contributed by atoms with Crippen LogP contribution in [0.25, 0.3) is 0 Å². The molecule has 0 bridgehead atoms. The number of piperazine rings is 1. The number of hydrogen-bond acceptors (Lipinski definition) is 4. The van der Waals surface area contributed by atoms with Crippen molar-refractivity contribution in [2.45, 2.75) is 13.8 Å². The van der Waals surface area contributed by atoms with Crippen LogP contribution in [0.5, 0.6) is 5.75 Å². The molecule has 1 fully saturated rings. The molecule has 1 aliphatic heterocycles. The van der Waals surface area contributed by atoms with E-state index in [1.807, 2.05) is 36.9 Å². The zero-order valence-electron chi connectivity index (χ0n) is 17.1. The minimum Gasteiger partial charge on any atom is -0.483 e. The van der Waals surface area contributed by atoms with Gasteiger partial charge in [-0.3, -0.25) is 14.5 Å². The van der Waals surface area contributed by atoms with Gasteiger partial charge in [-0.05, 0) is 59.1 Å². The molecule has 8 heteroatoms. The average Bonchev–Trinajstić information content (AvgIpc) is 2.70. The van der Waals surface area contributed by atoms with Crippen LogP contribution in [0.15, 0.2) is 40.9 Å². The second kappa shape index (κ2) is 10.0. The third-order valence-electron chi connectivity index (χ3n) is 5.08. The first-order valence-electron chi connectivity index (χ1n) is 9.77. The molecule has 0 atom stereocenters. The van der Waals surface area contributed by atoms with Crippen LogP contribution in [0.4, 0.5) is 10.1 Å². The number of carbonyl (C=O) groups is 2. The smallest absolute Gasteiger partial charge is 0.260 e. The van der Waals surface area contributed by atoms with Crippen LogP contribution in [0.2, 0.25) is 0 Å². The molecule has 6 nitrogen and oxygen atoms in total. The number of halogens is 2. The molecule has 1 aliphatic rings. The van der Waals surface area contributed by atoms with E-state index in [0.717, 1.165) is 16.8 Å². The van der Waals surface area contributed by atoms with Crippen LogP contribution in [-0.2, 0) is 9.59 Å². The lowest BCUT2D eigenvalue weighted by Gasteiger charge is -2.34. The first kappa shape index (κ1) is 22.2. The Balaban J connectivity index is 1.44. The maximum Gasteiger partial charge on any atom is 0.260 e. The monoisotopic (exact) mass is 477 g/mol. The Hall–Kier alpha value is -2.45. The molecule has 0 unspecified atom stereocenters. The van der Waals surface area contributed by atoms with Gasteiger partial charge in [0.05, 0.1) is 11.0 Å². The van der Waals surface area contributed by atoms with Crippen molar-refractivity contribution >= 4 is 33.4 Å². The fourth-order valence-electron chi connectivity index (χ4n) is 3.37. The van der Waals surface area contributed by atoms with Crippen LogP contribution >= 0.6 is 15.9 Å². The summed E-state index contributed by atoms with van der Waals surface area (Å²) in [6.45, 7) is 6.41. The van der Waals surface area contributed by atoms with Crippen LogP contribution in [-0.4, -0.2) is 60.9 Å². The largest absolute Gasteiger partial charge is 0.483 e. The number of para-hydroxylation sites is 1. The lowest BCUT2D eigenvalue weighted by molar-refractivity contribution is -0.135. The van der Waals surface area contributed by atoms with Crippen LogP contribution in [0, 0.1) is 19.7 Å². The predicted molar refractivity (Wildman–Crippen MR) is 117 cm³/mol. The van der Waals surface area contributed by atoms with Crippen molar-refractivity contribution in [2.24, 2.45) is 0 Å². The van der Waals surface area contributed by atoms with Crippen molar-refractivity contribution in [3.63, 3.8) is 0 Å². The van der Waals surface area contributed by atoms with E-state index in [2.05, 4.69) is 21.2 Å². The van der Waals surface area contributed by atoms with E-state index in [0.29, 0.717) is 36.4 Å². The standard InChI is InChI=1S/C22H25BrFN3O3/c1-15-4-3-5-16(2)22(15)25-20(28)13-26-8-10-27(11-9-26)21(29)14-30-19-7-6-17(24)12-18(19)23/h3-7,12H,8-11,13-14H2,1-2H3,(H,25,28). The Kier molecular flexibility index (Phi) is 7.44. The maximum atomic E-state index is 13.1. The summed E-state index contributed by atoms with van der Waals surface area (Å²) in [4.78, 5) is 28.6. The minimum absolute atomic E-state index is 0.0586. The molecule has 1 heterocycles. The van der Waals surface area contributed by atoms with E-state index >= 15 is 0 Å². The molecule has 3 rings (SSSR count). The van der Waals surface area contributed by atoms with E-state index in [4.69, 9.17) is 4.74 Å². The van der Waals surface area contributed by atoms with Crippen LogP contribution in [0.3, 0.4) is 0 Å². The number of aryl methyl sites for hydroxylation is 2. The number of nitrogens with one attached hydrogen (secondary N) is 1. The number of amides is 2. The number of anilines is 1. The number of nitrogens with zero attached hydrogens (tertiary/aromatic N) is 2. The van der Waals surface area contributed by atoms with Gasteiger partial charge in [0.2, 0.25) is 5.91 Å². The molecule has 0 spiro atoms. The van der Waals surface area contributed by atoms with Gasteiger partial charge in [0.1, 0.15) is 11.6 Å². The quantitative estimate of drug-likeness (QED) is 0.692. The van der Waals surface area contributed by atoms with Crippen LogP contribution < -0.4 is 10.1 Å². The number of ether oxygens (including phenoxy) is 1. The van der Waals surface area contributed by atoms with Gasteiger partial charge in [-0.15, -0.1) is 0 Å². The van der Waals surface area contributed by atoms with Gasteiger partial charge < -0.3 is 15.0 Å². The highest BCUT2D eigenvalue weighted by molar-refractivity contribution is 9.10. The molecule has 160 valence electrons. The normalized spacial score (nSPS) is 14.5. The van der Waals surface area contributed by atoms with Gasteiger partial charge in [0.25, 0.3) is 5.91 Å². The van der Waals surface area contributed by atoms with Gasteiger partial charge in [-0.2, -0.15) is 0 Å². The van der Waals surface area contributed by atoms with Crippen molar-refractivity contribution in [2.75, 3.05) is 44.6 Å². The predicted octanol–water partition coefficient (Wildman–Crippen LogP) is 3.37. The third-order valence-corrected chi connectivity index (χ3v) is 5.70. The average molecular weight is 478 g/mol. The van der Waals surface area contributed by atoms with Gasteiger partial charge in [-0.1, -0.05) is 18.2 Å². The number of hydrogen-bond donors (Lipinski definition) is 1. The van der Waals surface area contributed by atoms with E-state index in [1.165, 1.54) is 18.2 Å². The fraction of sp³-hybridized carbons (Fsp3) is 0.364. The zero-order valence-corrected chi connectivity index (χ0v) is 18.7. The van der Waals surface area contributed by atoms with E-state index in [-0.39, 0.29) is 30.8 Å². The lowest BCUT2D eigenvalue weighted by Crippen LogP contribution is -2.51. The van der Waals surface area contributed by atoms with E-state index < -0.39 is 0 Å². The highest BCUT2D eigenvalue weighted by Crippen LogP contribution is 2.25. The summed E-state index contributed by atoms with van der Waals surface area (Å²) in [5, 5.41) is 3.00. The van der Waals surface area contributed by atoms with Crippen molar-refractivity contribution in [1.29, 1.82) is 0 Å². The van der Waals surface area contributed by atoms with Gasteiger partial charge in [0, 0.05) is 31.9 Å². The molecule has 0 saturated carbocycles. The molecule has 2 aromatic rings. The summed E-state index contributed by atoms with van der Waals surface area (Å²) >= 11 is 3.22. The molecule has 0 aromatic heterocycles. The molecule has 1 saturated heterocycles. The molecule has 2 aromatic carbocycles. The lowest BCUT2D eigenvalue weighted by atomic mass is 10.1. The second-order valence-electron chi connectivity index (χ2n) is 7.34. The Labute approximate surface area is 184 Å². The first-order chi connectivity index (χ1) is 14.3. The Morgan fingerprint density at radius 2 is 1.77 bits per heavy atom. The minimum atomic E-state index is -0.377. The maximum absolute atomic E-state index is 13.1. The molecule has 30 heavy (non-hydrogen) atoms. The third kappa shape index (κ3) is 5.79. The van der Waals surface area contributed by atoms with Crippen molar-refractivity contribution in [3.8, 4) is 5.75 Å². The topological polar surface area (TPSA) is 61.9 Å². The SMILES string of the molecule is Cc1cccc(C)c1NC(=O)CN1CCN(C(=O)COc2ccc(F)cc2Br)CC1. The summed E-state index contributed by atoms with van der Waals surface area (Å²) in [5.74, 6) is -0.146. The molecule has 0 aliphatic carbocycles. The molecule has 1 N–H and O–H groups in total. The van der Waals surface area contributed by atoms with Gasteiger partial charge in [0.15, 0.2) is 6.61 Å². The highest BCUT2D eigenvalue weighted by atomic mass is 79.9. The summed E-state index contributed by atoms with van der Waals surface area (Å²) in [7, 11) is 0. The Morgan fingerprint density at radius 1 is 1.10 bits per heavy atom. The van der Waals surface area contributed by atoms with Crippen molar-refractivity contribution in [3.05, 3.63) is 57.8 Å². The summed E-state index contributed by atoms with van der Waals surface area (Å²) in [6.07, 6.45) is 0. The first-order valence-corrected chi connectivity index (χ1v) is 10.6. The summed E-state index contributed by atoms with van der Waals surface area (Å²) < 4.78 is 19.1. The van der Waals surface area contributed by atoms with Crippen molar-refractivity contribution < 1.29 is 18.7 Å². The molecular formula is C22H25BrFN3O3. The fourth-order valence-corrected chi connectivity index (χ4v) is 3.84. The van der Waals surface area contributed by atoms with E-state index in [9.17, 15) is 14.0 Å². The van der Waals surface area contributed by atoms with Crippen molar-refractivity contribution in [1.82, 2.24) is 9.80 Å². The van der Waals surface area contributed by atoms with Gasteiger partial charge >= 0.3 is 0 Å².